The molecule has 2 rings (SSSR count). The summed E-state index contributed by atoms with van der Waals surface area (Å²) in [5.41, 5.74) is 0.0136. The van der Waals surface area contributed by atoms with E-state index in [1.807, 2.05) is 27.7 Å². The number of nitrogens with one attached hydrogen (secondary N) is 1. The molecule has 2 heterocycles. The lowest BCUT2D eigenvalue weighted by Crippen LogP contribution is -2.49. The van der Waals surface area contributed by atoms with Gasteiger partial charge in [-0.3, -0.25) is 9.59 Å². The van der Waals surface area contributed by atoms with Crippen molar-refractivity contribution in [3.05, 3.63) is 40.8 Å². The van der Waals surface area contributed by atoms with Crippen LogP contribution in [0.25, 0.3) is 11.3 Å². The van der Waals surface area contributed by atoms with Gasteiger partial charge in [0.2, 0.25) is 11.8 Å². The Morgan fingerprint density at radius 3 is 2.52 bits per heavy atom. The smallest absolute Gasteiger partial charge is 0.388 e. The zero-order valence-electron chi connectivity index (χ0n) is 15.6. The van der Waals surface area contributed by atoms with E-state index in [1.54, 1.807) is 0 Å². The number of hydrogen-bond donors (Lipinski definition) is 1. The van der Waals surface area contributed by atoms with E-state index in [1.165, 1.54) is 30.5 Å². The normalized spacial score (nSPS) is 11.7. The highest BCUT2D eigenvalue weighted by atomic mass is 19.3. The molecule has 0 aliphatic heterocycles. The average molecular weight is 380 g/mol. The Morgan fingerprint density at radius 2 is 1.96 bits per heavy atom. The fourth-order valence-corrected chi connectivity index (χ4v) is 2.09. The molecule has 0 spiro atoms. The van der Waals surface area contributed by atoms with E-state index in [0.717, 1.165) is 4.68 Å². The van der Waals surface area contributed by atoms with Crippen molar-refractivity contribution in [3.8, 4) is 17.1 Å². The van der Waals surface area contributed by atoms with E-state index in [0.29, 0.717) is 11.3 Å². The predicted molar refractivity (Wildman–Crippen MR) is 95.4 cm³/mol. The summed E-state index contributed by atoms with van der Waals surface area (Å²) in [5, 5.41) is 7.04. The van der Waals surface area contributed by atoms with E-state index in [2.05, 4.69) is 20.1 Å². The predicted octanol–water partition coefficient (Wildman–Crippen LogP) is 2.46. The molecular weight excluding hydrogens is 358 g/mol. The number of pyridine rings is 1. The molecule has 0 aliphatic carbocycles. The Hall–Kier alpha value is -2.84. The van der Waals surface area contributed by atoms with Crippen LogP contribution in [0, 0.1) is 5.92 Å². The highest BCUT2D eigenvalue weighted by Gasteiger charge is 2.24. The number of ether oxygens (including phenoxy) is 1. The minimum absolute atomic E-state index is 0.206. The van der Waals surface area contributed by atoms with Crippen LogP contribution in [-0.2, 0) is 11.3 Å². The van der Waals surface area contributed by atoms with Gasteiger partial charge in [-0.2, -0.15) is 13.9 Å². The number of carbonyl (C=O) groups excluding carboxylic acids is 1. The lowest BCUT2D eigenvalue weighted by molar-refractivity contribution is -0.124. The second-order valence-corrected chi connectivity index (χ2v) is 6.90. The van der Waals surface area contributed by atoms with Gasteiger partial charge < -0.3 is 10.1 Å². The summed E-state index contributed by atoms with van der Waals surface area (Å²) in [4.78, 5) is 28.1. The lowest BCUT2D eigenvalue weighted by atomic mass is 9.91. The highest BCUT2D eigenvalue weighted by Crippen LogP contribution is 2.18. The van der Waals surface area contributed by atoms with Gasteiger partial charge >= 0.3 is 6.61 Å². The number of aromatic nitrogens is 3. The molecular formula is C18H22F2N4O3. The van der Waals surface area contributed by atoms with Crippen LogP contribution < -0.4 is 15.6 Å². The second kappa shape index (κ2) is 8.24. The topological polar surface area (TPSA) is 86.1 Å². The summed E-state index contributed by atoms with van der Waals surface area (Å²) < 4.78 is 29.6. The Kier molecular flexibility index (Phi) is 6.24. The second-order valence-electron chi connectivity index (χ2n) is 6.90. The zero-order chi connectivity index (χ0) is 20.2. The van der Waals surface area contributed by atoms with E-state index in [-0.39, 0.29) is 24.2 Å². The van der Waals surface area contributed by atoms with Gasteiger partial charge in [0.05, 0.1) is 5.69 Å². The van der Waals surface area contributed by atoms with E-state index in [4.69, 9.17) is 0 Å². The average Bonchev–Trinajstić information content (AvgIpc) is 2.56. The fraction of sp³-hybridized carbons (Fsp3) is 0.444. The Balaban J connectivity index is 2.18. The molecule has 0 atom stereocenters. The van der Waals surface area contributed by atoms with Crippen LogP contribution in [0.3, 0.4) is 0 Å². The maximum absolute atomic E-state index is 12.3. The first-order valence-corrected chi connectivity index (χ1v) is 8.39. The third-order valence-corrected chi connectivity index (χ3v) is 4.31. The number of halogens is 2. The van der Waals surface area contributed by atoms with Crippen LogP contribution in [-0.4, -0.2) is 32.8 Å². The molecule has 0 unspecified atom stereocenters. The minimum Gasteiger partial charge on any atom is -0.417 e. The van der Waals surface area contributed by atoms with Crippen LogP contribution in [0.4, 0.5) is 8.78 Å². The number of rotatable bonds is 7. The number of nitrogens with zero attached hydrogens (tertiary/aromatic N) is 3. The number of hydrogen-bond acceptors (Lipinski definition) is 5. The summed E-state index contributed by atoms with van der Waals surface area (Å²) in [6, 6.07) is 5.52. The molecule has 0 fully saturated rings. The third-order valence-electron chi connectivity index (χ3n) is 4.31. The maximum atomic E-state index is 12.3. The van der Waals surface area contributed by atoms with Crippen molar-refractivity contribution in [3.63, 3.8) is 0 Å². The molecule has 0 aliphatic rings. The summed E-state index contributed by atoms with van der Waals surface area (Å²) in [6.45, 7) is 4.58. The minimum atomic E-state index is -2.96. The molecule has 9 heteroatoms. The molecule has 2 aromatic heterocycles. The number of alkyl halides is 2. The standard InChI is InChI=1S/C18H22F2N4O3/c1-11(2)18(3,4)22-14(25)10-24-16(26)8-6-13(23-24)12-5-7-15(21-9-12)27-17(19)20/h5-9,11,17H,10H2,1-4H3,(H,22,25). The van der Waals surface area contributed by atoms with Crippen molar-refractivity contribution < 1.29 is 18.3 Å². The zero-order valence-corrected chi connectivity index (χ0v) is 15.6. The molecule has 1 N–H and O–H groups in total. The molecule has 0 saturated carbocycles. The van der Waals surface area contributed by atoms with Crippen LogP contribution >= 0.6 is 0 Å². The van der Waals surface area contributed by atoms with Crippen molar-refractivity contribution >= 4 is 5.91 Å². The number of carbonyl (C=O) groups is 1. The van der Waals surface area contributed by atoms with E-state index < -0.39 is 17.7 Å². The number of amides is 1. The SMILES string of the molecule is CC(C)C(C)(C)NC(=O)Cn1nc(-c2ccc(OC(F)F)nc2)ccc1=O. The van der Waals surface area contributed by atoms with Crippen molar-refractivity contribution in [2.75, 3.05) is 0 Å². The molecule has 2 aromatic rings. The molecule has 27 heavy (non-hydrogen) atoms. The van der Waals surface area contributed by atoms with Gasteiger partial charge in [-0.05, 0) is 31.9 Å². The van der Waals surface area contributed by atoms with E-state index >= 15 is 0 Å². The first-order chi connectivity index (χ1) is 12.6. The van der Waals surface area contributed by atoms with Crippen LogP contribution in [0.1, 0.15) is 27.7 Å². The van der Waals surface area contributed by atoms with Gasteiger partial charge in [-0.1, -0.05) is 13.8 Å². The molecule has 0 radical (unpaired) electrons. The Bertz CT molecular complexity index is 848. The quantitative estimate of drug-likeness (QED) is 0.797. The summed E-state index contributed by atoms with van der Waals surface area (Å²) in [7, 11) is 0. The third kappa shape index (κ3) is 5.57. The summed E-state index contributed by atoms with van der Waals surface area (Å²) in [6.07, 6.45) is 1.30. The Labute approximate surface area is 155 Å². The molecule has 146 valence electrons. The summed E-state index contributed by atoms with van der Waals surface area (Å²) in [5.74, 6) is -0.353. The van der Waals surface area contributed by atoms with Crippen molar-refractivity contribution in [2.24, 2.45) is 5.92 Å². The van der Waals surface area contributed by atoms with Gasteiger partial charge in [0, 0.05) is 29.4 Å². The molecule has 0 saturated heterocycles. The van der Waals surface area contributed by atoms with Crippen molar-refractivity contribution in [2.45, 2.75) is 46.4 Å². The van der Waals surface area contributed by atoms with E-state index in [9.17, 15) is 18.4 Å². The molecule has 0 aromatic carbocycles. The first kappa shape index (κ1) is 20.5. The largest absolute Gasteiger partial charge is 0.417 e. The lowest BCUT2D eigenvalue weighted by Gasteiger charge is -2.30. The Morgan fingerprint density at radius 1 is 1.26 bits per heavy atom. The van der Waals surface area contributed by atoms with Gasteiger partial charge in [0.15, 0.2) is 0 Å². The van der Waals surface area contributed by atoms with Crippen molar-refractivity contribution in [1.82, 2.24) is 20.1 Å². The van der Waals surface area contributed by atoms with Crippen LogP contribution in [0.2, 0.25) is 0 Å². The maximum Gasteiger partial charge on any atom is 0.388 e. The monoisotopic (exact) mass is 380 g/mol. The molecule has 0 bridgehead atoms. The van der Waals surface area contributed by atoms with Gasteiger partial charge in [0.1, 0.15) is 6.54 Å². The van der Waals surface area contributed by atoms with Gasteiger partial charge in [0.25, 0.3) is 5.56 Å². The highest BCUT2D eigenvalue weighted by molar-refractivity contribution is 5.76. The summed E-state index contributed by atoms with van der Waals surface area (Å²) >= 11 is 0. The van der Waals surface area contributed by atoms with Crippen LogP contribution in [0.15, 0.2) is 35.3 Å². The fourth-order valence-electron chi connectivity index (χ4n) is 2.09. The molecule has 7 nitrogen and oxygen atoms in total. The van der Waals surface area contributed by atoms with Gasteiger partial charge in [-0.15, -0.1) is 0 Å². The van der Waals surface area contributed by atoms with Gasteiger partial charge in [-0.25, -0.2) is 9.67 Å². The van der Waals surface area contributed by atoms with Crippen molar-refractivity contribution in [1.29, 1.82) is 0 Å². The molecule has 1 amide bonds. The van der Waals surface area contributed by atoms with Crippen LogP contribution in [0.5, 0.6) is 5.88 Å². The first-order valence-electron chi connectivity index (χ1n) is 8.39.